The van der Waals surface area contributed by atoms with Gasteiger partial charge >= 0.3 is 5.69 Å². The summed E-state index contributed by atoms with van der Waals surface area (Å²) in [5, 5.41) is 19.0. The Morgan fingerprint density at radius 3 is 2.88 bits per heavy atom. The van der Waals surface area contributed by atoms with Gasteiger partial charge in [0.2, 0.25) is 0 Å². The van der Waals surface area contributed by atoms with Crippen LogP contribution in [0.3, 0.4) is 0 Å². The molecule has 1 heterocycles. The van der Waals surface area contributed by atoms with Crippen molar-refractivity contribution in [1.29, 1.82) is 5.41 Å². The highest BCUT2D eigenvalue weighted by molar-refractivity contribution is 8.14. The van der Waals surface area contributed by atoms with Crippen molar-refractivity contribution >= 4 is 39.9 Å². The number of hydrogen-bond donors (Lipinski definition) is 1. The van der Waals surface area contributed by atoms with E-state index >= 15 is 0 Å². The maximum Gasteiger partial charge on any atom is 0.311 e. The first kappa shape index (κ1) is 11.2. The average molecular weight is 258 g/mol. The molecule has 1 aliphatic heterocycles. The van der Waals surface area contributed by atoms with E-state index in [1.54, 1.807) is 17.0 Å². The number of hydrogen-bond acceptors (Lipinski definition) is 4. The molecule has 7 heteroatoms. The summed E-state index contributed by atoms with van der Waals surface area (Å²) in [6.07, 6.45) is 0. The third-order valence-corrected chi connectivity index (χ3v) is 3.42. The highest BCUT2D eigenvalue weighted by atomic mass is 35.5. The molecule has 1 aromatic carbocycles. The Balaban J connectivity index is 2.51. The van der Waals surface area contributed by atoms with Crippen LogP contribution in [0.25, 0.3) is 0 Å². The molecular weight excluding hydrogens is 250 g/mol. The Labute approximate surface area is 101 Å². The number of nitro benzene ring substituents is 1. The second-order valence-electron chi connectivity index (χ2n) is 3.17. The first-order valence-corrected chi connectivity index (χ1v) is 5.89. The molecule has 0 amide bonds. The zero-order valence-corrected chi connectivity index (χ0v) is 9.72. The van der Waals surface area contributed by atoms with E-state index in [1.807, 2.05) is 0 Å². The van der Waals surface area contributed by atoms with Crippen molar-refractivity contribution in [2.45, 2.75) is 0 Å². The summed E-state index contributed by atoms with van der Waals surface area (Å²) < 4.78 is 0. The topological polar surface area (TPSA) is 70.2 Å². The van der Waals surface area contributed by atoms with Gasteiger partial charge < -0.3 is 4.90 Å². The standard InChI is InChI=1S/C9H8ClN3O2S/c10-6-2-1-3-7(8(6)13(14)15)12-4-5-16-9(12)11/h1-3,11H,4-5H2. The summed E-state index contributed by atoms with van der Waals surface area (Å²) in [6, 6.07) is 4.75. The minimum atomic E-state index is -0.506. The van der Waals surface area contributed by atoms with Crippen LogP contribution in [0.5, 0.6) is 0 Å². The molecule has 0 saturated carbocycles. The van der Waals surface area contributed by atoms with Crippen LogP contribution >= 0.6 is 23.4 Å². The molecule has 0 atom stereocenters. The lowest BCUT2D eigenvalue weighted by molar-refractivity contribution is -0.383. The molecule has 0 bridgehead atoms. The number of nitrogens with zero attached hydrogens (tertiary/aromatic N) is 2. The normalized spacial score (nSPS) is 15.6. The van der Waals surface area contributed by atoms with Gasteiger partial charge in [-0.25, -0.2) is 0 Å². The van der Waals surface area contributed by atoms with Crippen molar-refractivity contribution in [3.8, 4) is 0 Å². The number of halogens is 1. The molecule has 0 aromatic heterocycles. The molecule has 0 radical (unpaired) electrons. The molecule has 1 fully saturated rings. The number of benzene rings is 1. The summed E-state index contributed by atoms with van der Waals surface area (Å²) in [7, 11) is 0. The average Bonchev–Trinajstić information content (AvgIpc) is 2.63. The van der Waals surface area contributed by atoms with Crippen LogP contribution in [0.4, 0.5) is 11.4 Å². The summed E-state index contributed by atoms with van der Waals surface area (Å²) in [4.78, 5) is 12.0. The number of nitrogens with one attached hydrogen (secondary N) is 1. The van der Waals surface area contributed by atoms with Crippen molar-refractivity contribution < 1.29 is 4.92 Å². The summed E-state index contributed by atoms with van der Waals surface area (Å²) in [5.74, 6) is 0.766. The van der Waals surface area contributed by atoms with E-state index < -0.39 is 4.92 Å². The Kier molecular flexibility index (Phi) is 3.02. The largest absolute Gasteiger partial charge is 0.315 e. The lowest BCUT2D eigenvalue weighted by atomic mass is 10.2. The fraction of sp³-hybridized carbons (Fsp3) is 0.222. The molecule has 1 saturated heterocycles. The molecule has 0 spiro atoms. The van der Waals surface area contributed by atoms with Crippen molar-refractivity contribution in [1.82, 2.24) is 0 Å². The van der Waals surface area contributed by atoms with Gasteiger partial charge in [-0.3, -0.25) is 15.5 Å². The van der Waals surface area contributed by atoms with Crippen LogP contribution in [0.2, 0.25) is 5.02 Å². The first-order chi connectivity index (χ1) is 7.61. The molecule has 84 valence electrons. The second-order valence-corrected chi connectivity index (χ2v) is 4.66. The van der Waals surface area contributed by atoms with Crippen molar-refractivity contribution in [3.05, 3.63) is 33.3 Å². The van der Waals surface area contributed by atoms with E-state index in [9.17, 15) is 10.1 Å². The first-order valence-electron chi connectivity index (χ1n) is 4.53. The van der Waals surface area contributed by atoms with Crippen LogP contribution in [0, 0.1) is 15.5 Å². The molecule has 0 unspecified atom stereocenters. The molecule has 2 rings (SSSR count). The Morgan fingerprint density at radius 2 is 2.31 bits per heavy atom. The van der Waals surface area contributed by atoms with Crippen LogP contribution in [0.1, 0.15) is 0 Å². The quantitative estimate of drug-likeness (QED) is 0.653. The van der Waals surface area contributed by atoms with E-state index in [0.29, 0.717) is 17.4 Å². The van der Waals surface area contributed by atoms with Gasteiger partial charge in [0.1, 0.15) is 10.7 Å². The Hall–Kier alpha value is -1.27. The highest BCUT2D eigenvalue weighted by Crippen LogP contribution is 2.37. The van der Waals surface area contributed by atoms with Gasteiger partial charge in [-0.2, -0.15) is 0 Å². The van der Waals surface area contributed by atoms with E-state index in [1.165, 1.54) is 17.8 Å². The van der Waals surface area contributed by atoms with Gasteiger partial charge in [0.05, 0.1) is 4.92 Å². The van der Waals surface area contributed by atoms with Crippen LogP contribution in [0.15, 0.2) is 18.2 Å². The van der Waals surface area contributed by atoms with Gasteiger partial charge in [-0.1, -0.05) is 29.4 Å². The zero-order chi connectivity index (χ0) is 11.7. The zero-order valence-electron chi connectivity index (χ0n) is 8.14. The predicted molar refractivity (Wildman–Crippen MR) is 65.6 cm³/mol. The van der Waals surface area contributed by atoms with Crippen LogP contribution in [-0.4, -0.2) is 22.4 Å². The number of para-hydroxylation sites is 1. The van der Waals surface area contributed by atoms with E-state index in [0.717, 1.165) is 5.75 Å². The van der Waals surface area contributed by atoms with Gasteiger partial charge in [-0.05, 0) is 12.1 Å². The minimum Gasteiger partial charge on any atom is -0.315 e. The van der Waals surface area contributed by atoms with Crippen molar-refractivity contribution in [3.63, 3.8) is 0 Å². The fourth-order valence-electron chi connectivity index (χ4n) is 1.55. The summed E-state index contributed by atoms with van der Waals surface area (Å²) >= 11 is 7.17. The number of amidine groups is 1. The van der Waals surface area contributed by atoms with E-state index in [2.05, 4.69) is 0 Å². The second kappa shape index (κ2) is 4.31. The Morgan fingerprint density at radius 1 is 1.56 bits per heavy atom. The van der Waals surface area contributed by atoms with Crippen molar-refractivity contribution in [2.75, 3.05) is 17.2 Å². The van der Waals surface area contributed by atoms with Crippen molar-refractivity contribution in [2.24, 2.45) is 0 Å². The van der Waals surface area contributed by atoms with Gasteiger partial charge in [-0.15, -0.1) is 0 Å². The third kappa shape index (κ3) is 1.85. The van der Waals surface area contributed by atoms with Gasteiger partial charge in [0.25, 0.3) is 0 Å². The van der Waals surface area contributed by atoms with E-state index in [-0.39, 0.29) is 10.7 Å². The number of rotatable bonds is 2. The number of nitro groups is 1. The molecule has 5 nitrogen and oxygen atoms in total. The van der Waals surface area contributed by atoms with Gasteiger partial charge in [0, 0.05) is 12.3 Å². The number of thioether (sulfide) groups is 1. The SMILES string of the molecule is N=C1SCCN1c1cccc(Cl)c1[N+](=O)[O-]. The molecule has 1 aliphatic rings. The molecule has 1 aromatic rings. The number of anilines is 1. The Bertz CT molecular complexity index is 466. The van der Waals surface area contributed by atoms with E-state index in [4.69, 9.17) is 17.0 Å². The molecule has 16 heavy (non-hydrogen) atoms. The lowest BCUT2D eigenvalue weighted by Crippen LogP contribution is -2.23. The smallest absolute Gasteiger partial charge is 0.311 e. The summed E-state index contributed by atoms with van der Waals surface area (Å²) in [6.45, 7) is 0.602. The van der Waals surface area contributed by atoms with Gasteiger partial charge in [0.15, 0.2) is 5.17 Å². The monoisotopic (exact) mass is 257 g/mol. The maximum absolute atomic E-state index is 10.9. The minimum absolute atomic E-state index is 0.104. The summed E-state index contributed by atoms with van der Waals surface area (Å²) in [5.41, 5.74) is 0.268. The van der Waals surface area contributed by atoms with Crippen LogP contribution < -0.4 is 4.90 Å². The predicted octanol–water partition coefficient (Wildman–Crippen LogP) is 2.74. The molecular formula is C9H8ClN3O2S. The molecule has 1 N–H and O–H groups in total. The fourth-order valence-corrected chi connectivity index (χ4v) is 2.60. The highest BCUT2D eigenvalue weighted by Gasteiger charge is 2.28. The third-order valence-electron chi connectivity index (χ3n) is 2.24. The maximum atomic E-state index is 10.9. The lowest BCUT2D eigenvalue weighted by Gasteiger charge is -2.16. The van der Waals surface area contributed by atoms with Crippen LogP contribution in [-0.2, 0) is 0 Å². The molecule has 0 aliphatic carbocycles.